The van der Waals surface area contributed by atoms with Crippen LogP contribution in [-0.2, 0) is 19.7 Å². The molecule has 2 aliphatic heterocycles. The zero-order chi connectivity index (χ0) is 17.7. The van der Waals surface area contributed by atoms with Crippen LogP contribution in [0.3, 0.4) is 0 Å². The molecule has 130 valence electrons. The van der Waals surface area contributed by atoms with Gasteiger partial charge in [-0.05, 0) is 39.0 Å². The third kappa shape index (κ3) is 2.48. The summed E-state index contributed by atoms with van der Waals surface area (Å²) < 4.78 is 21.6. The van der Waals surface area contributed by atoms with E-state index in [1.54, 1.807) is 39.0 Å². The van der Waals surface area contributed by atoms with E-state index in [-0.39, 0.29) is 6.61 Å². The Hall–Kier alpha value is -1.99. The van der Waals surface area contributed by atoms with Gasteiger partial charge in [0.05, 0.1) is 0 Å². The average molecular weight is 356 g/mol. The van der Waals surface area contributed by atoms with Crippen LogP contribution in [0.15, 0.2) is 18.2 Å². The number of halogens is 1. The van der Waals surface area contributed by atoms with Gasteiger partial charge in [0.2, 0.25) is 6.29 Å². The maximum atomic E-state index is 12.6. The molecule has 2 heterocycles. The fourth-order valence-electron chi connectivity index (χ4n) is 2.91. The SMILES string of the molecule is COC1Oc2ccc(Cl)cc2C12COC(=O)N2C(=O)OC(C)(C)C. The molecule has 0 aromatic heterocycles. The van der Waals surface area contributed by atoms with Crippen LogP contribution in [0.4, 0.5) is 9.59 Å². The highest BCUT2D eigenvalue weighted by Gasteiger charge is 2.64. The highest BCUT2D eigenvalue weighted by atomic mass is 35.5. The fourth-order valence-corrected chi connectivity index (χ4v) is 3.08. The largest absolute Gasteiger partial charge is 0.461 e. The van der Waals surface area contributed by atoms with Crippen molar-refractivity contribution < 1.29 is 28.5 Å². The number of cyclic esters (lactones) is 1. The molecule has 2 aliphatic rings. The van der Waals surface area contributed by atoms with Crippen LogP contribution in [0.5, 0.6) is 5.75 Å². The van der Waals surface area contributed by atoms with E-state index >= 15 is 0 Å². The second-order valence-corrected chi connectivity index (χ2v) is 7.06. The Labute approximate surface area is 144 Å². The number of fused-ring (bicyclic) bond motifs is 2. The molecule has 1 saturated heterocycles. The lowest BCUT2D eigenvalue weighted by molar-refractivity contribution is -0.120. The minimum atomic E-state index is -1.28. The monoisotopic (exact) mass is 355 g/mol. The number of carbonyl (C=O) groups is 2. The number of ether oxygens (including phenoxy) is 4. The van der Waals surface area contributed by atoms with Crippen molar-refractivity contribution in [3.8, 4) is 5.75 Å². The molecule has 0 saturated carbocycles. The van der Waals surface area contributed by atoms with Gasteiger partial charge in [0.15, 0.2) is 5.54 Å². The normalized spacial score (nSPS) is 25.5. The Bertz CT molecular complexity index is 700. The summed E-state index contributed by atoms with van der Waals surface area (Å²) >= 11 is 6.09. The number of imide groups is 1. The number of methoxy groups -OCH3 is 1. The quantitative estimate of drug-likeness (QED) is 0.769. The summed E-state index contributed by atoms with van der Waals surface area (Å²) in [4.78, 5) is 25.8. The van der Waals surface area contributed by atoms with Crippen LogP contribution in [-0.4, -0.2) is 42.7 Å². The number of amides is 2. The third-order valence-electron chi connectivity index (χ3n) is 3.82. The predicted octanol–water partition coefficient (Wildman–Crippen LogP) is 3.29. The van der Waals surface area contributed by atoms with E-state index in [4.69, 9.17) is 30.5 Å². The molecule has 1 fully saturated rings. The van der Waals surface area contributed by atoms with Gasteiger partial charge in [-0.25, -0.2) is 9.59 Å². The molecule has 7 nitrogen and oxygen atoms in total. The van der Waals surface area contributed by atoms with Crippen LogP contribution in [0.25, 0.3) is 0 Å². The summed E-state index contributed by atoms with van der Waals surface area (Å²) in [5, 5.41) is 0.442. The molecule has 2 amide bonds. The third-order valence-corrected chi connectivity index (χ3v) is 4.05. The highest BCUT2D eigenvalue weighted by Crippen LogP contribution is 2.50. The Morgan fingerprint density at radius 1 is 1.42 bits per heavy atom. The number of carbonyl (C=O) groups excluding carboxylic acids is 2. The maximum Gasteiger partial charge on any atom is 0.420 e. The number of rotatable bonds is 1. The van der Waals surface area contributed by atoms with Crippen molar-refractivity contribution in [1.82, 2.24) is 4.90 Å². The molecule has 0 N–H and O–H groups in total. The minimum absolute atomic E-state index is 0.114. The van der Waals surface area contributed by atoms with E-state index < -0.39 is 29.6 Å². The molecular weight excluding hydrogens is 338 g/mol. The van der Waals surface area contributed by atoms with Gasteiger partial charge in [-0.15, -0.1) is 0 Å². The van der Waals surface area contributed by atoms with Gasteiger partial charge in [-0.2, -0.15) is 4.90 Å². The van der Waals surface area contributed by atoms with E-state index in [9.17, 15) is 9.59 Å². The van der Waals surface area contributed by atoms with Crippen molar-refractivity contribution in [3.63, 3.8) is 0 Å². The van der Waals surface area contributed by atoms with Crippen molar-refractivity contribution in [2.24, 2.45) is 0 Å². The van der Waals surface area contributed by atoms with Gasteiger partial charge in [-0.1, -0.05) is 11.6 Å². The molecule has 8 heteroatoms. The molecule has 0 radical (unpaired) electrons. The number of nitrogens with zero attached hydrogens (tertiary/aromatic N) is 1. The Morgan fingerprint density at radius 3 is 2.75 bits per heavy atom. The van der Waals surface area contributed by atoms with Gasteiger partial charge >= 0.3 is 12.2 Å². The molecule has 3 rings (SSSR count). The molecule has 2 unspecified atom stereocenters. The first kappa shape index (κ1) is 16.9. The van der Waals surface area contributed by atoms with Crippen molar-refractivity contribution in [3.05, 3.63) is 28.8 Å². The summed E-state index contributed by atoms with van der Waals surface area (Å²) in [6, 6.07) is 4.95. The van der Waals surface area contributed by atoms with Gasteiger partial charge in [0.25, 0.3) is 0 Å². The topological polar surface area (TPSA) is 74.3 Å². The van der Waals surface area contributed by atoms with Crippen LogP contribution < -0.4 is 4.74 Å². The summed E-state index contributed by atoms with van der Waals surface area (Å²) in [6.45, 7) is 5.02. The van der Waals surface area contributed by atoms with Gasteiger partial charge < -0.3 is 18.9 Å². The van der Waals surface area contributed by atoms with Crippen molar-refractivity contribution in [2.45, 2.75) is 38.2 Å². The van der Waals surface area contributed by atoms with Gasteiger partial charge in [0.1, 0.15) is 18.0 Å². The van der Waals surface area contributed by atoms with E-state index in [0.29, 0.717) is 16.3 Å². The van der Waals surface area contributed by atoms with Crippen LogP contribution >= 0.6 is 11.6 Å². The van der Waals surface area contributed by atoms with E-state index in [2.05, 4.69) is 0 Å². The van der Waals surface area contributed by atoms with Crippen molar-refractivity contribution in [2.75, 3.05) is 13.7 Å². The van der Waals surface area contributed by atoms with Crippen molar-refractivity contribution >= 4 is 23.8 Å². The lowest BCUT2D eigenvalue weighted by Crippen LogP contribution is -2.55. The highest BCUT2D eigenvalue weighted by molar-refractivity contribution is 6.30. The number of hydrogen-bond donors (Lipinski definition) is 0. The molecular formula is C16H18ClNO6. The first-order valence-corrected chi connectivity index (χ1v) is 7.76. The molecule has 2 atom stereocenters. The van der Waals surface area contributed by atoms with Crippen LogP contribution in [0.2, 0.25) is 5.02 Å². The first-order valence-electron chi connectivity index (χ1n) is 7.38. The molecule has 0 bridgehead atoms. The summed E-state index contributed by atoms with van der Waals surface area (Å²) in [5.74, 6) is 0.470. The van der Waals surface area contributed by atoms with Crippen LogP contribution in [0.1, 0.15) is 26.3 Å². The summed E-state index contributed by atoms with van der Waals surface area (Å²) in [6.07, 6.45) is -2.57. The van der Waals surface area contributed by atoms with E-state index in [0.717, 1.165) is 4.90 Å². The number of benzene rings is 1. The Morgan fingerprint density at radius 2 is 2.12 bits per heavy atom. The van der Waals surface area contributed by atoms with Crippen molar-refractivity contribution in [1.29, 1.82) is 0 Å². The Balaban J connectivity index is 2.11. The lowest BCUT2D eigenvalue weighted by Gasteiger charge is -2.34. The van der Waals surface area contributed by atoms with Crippen LogP contribution in [0, 0.1) is 0 Å². The fraction of sp³-hybridized carbons (Fsp3) is 0.500. The second-order valence-electron chi connectivity index (χ2n) is 6.62. The summed E-state index contributed by atoms with van der Waals surface area (Å²) in [5.41, 5.74) is -1.52. The zero-order valence-electron chi connectivity index (χ0n) is 13.8. The molecule has 24 heavy (non-hydrogen) atoms. The van der Waals surface area contributed by atoms with Gasteiger partial charge in [0, 0.05) is 17.7 Å². The lowest BCUT2D eigenvalue weighted by atomic mass is 9.90. The first-order chi connectivity index (χ1) is 11.2. The van der Waals surface area contributed by atoms with Gasteiger partial charge in [-0.3, -0.25) is 0 Å². The predicted molar refractivity (Wildman–Crippen MR) is 84.0 cm³/mol. The maximum absolute atomic E-state index is 12.6. The number of hydrogen-bond acceptors (Lipinski definition) is 6. The smallest absolute Gasteiger partial charge is 0.420 e. The minimum Gasteiger partial charge on any atom is -0.461 e. The van der Waals surface area contributed by atoms with E-state index in [1.165, 1.54) is 7.11 Å². The zero-order valence-corrected chi connectivity index (χ0v) is 14.5. The average Bonchev–Trinajstić information content (AvgIpc) is 2.97. The summed E-state index contributed by atoms with van der Waals surface area (Å²) in [7, 11) is 1.43. The Kier molecular flexibility index (Phi) is 3.88. The molecule has 0 aliphatic carbocycles. The molecule has 1 spiro atoms. The standard InChI is InChI=1S/C16H18ClNO6/c1-15(2,3)24-14(20)18-13(19)22-8-16(18)10-7-9(17)5-6-11(10)23-12(16)21-4/h5-7,12H,8H2,1-4H3. The molecule has 1 aromatic carbocycles. The molecule has 1 aromatic rings. The van der Waals surface area contributed by atoms with E-state index in [1.807, 2.05) is 0 Å². The second kappa shape index (κ2) is 5.53.